The number of carboxylic acids is 1. The first kappa shape index (κ1) is 15.0. The predicted molar refractivity (Wildman–Crippen MR) is 69.3 cm³/mol. The molecule has 0 saturated heterocycles. The topological polar surface area (TPSA) is 78.4 Å². The van der Waals surface area contributed by atoms with Crippen LogP contribution in [0.5, 0.6) is 0 Å². The number of hydrogen-bond acceptors (Lipinski definition) is 3. The van der Waals surface area contributed by atoms with Crippen molar-refractivity contribution in [1.82, 2.24) is 10.6 Å². The van der Waals surface area contributed by atoms with Gasteiger partial charge in [-0.05, 0) is 51.1 Å². The molecule has 0 bridgehead atoms. The molecule has 18 heavy (non-hydrogen) atoms. The van der Waals surface area contributed by atoms with Crippen LogP contribution in [-0.4, -0.2) is 37.1 Å². The summed E-state index contributed by atoms with van der Waals surface area (Å²) in [5.74, 6) is -0.0964. The van der Waals surface area contributed by atoms with E-state index in [1.807, 2.05) is 0 Å². The highest BCUT2D eigenvalue weighted by molar-refractivity contribution is 5.75. The van der Waals surface area contributed by atoms with Crippen LogP contribution in [0, 0.1) is 11.8 Å². The van der Waals surface area contributed by atoms with Gasteiger partial charge in [-0.2, -0.15) is 0 Å². The van der Waals surface area contributed by atoms with Gasteiger partial charge in [-0.1, -0.05) is 0 Å². The van der Waals surface area contributed by atoms with Gasteiger partial charge in [0.25, 0.3) is 0 Å². The molecule has 1 saturated carbocycles. The Morgan fingerprint density at radius 3 is 2.44 bits per heavy atom. The first-order valence-electron chi connectivity index (χ1n) is 6.77. The van der Waals surface area contributed by atoms with Crippen LogP contribution in [0.3, 0.4) is 0 Å². The van der Waals surface area contributed by atoms with E-state index < -0.39 is 5.97 Å². The lowest BCUT2D eigenvalue weighted by molar-refractivity contribution is -0.143. The van der Waals surface area contributed by atoms with E-state index in [4.69, 9.17) is 5.11 Å². The molecule has 1 aliphatic carbocycles. The molecular weight excluding hydrogens is 232 g/mol. The molecule has 0 spiro atoms. The maximum atomic E-state index is 11.0. The minimum absolute atomic E-state index is 0.0822. The molecular formula is C13H24N2O3. The van der Waals surface area contributed by atoms with Gasteiger partial charge in [0, 0.05) is 13.5 Å². The summed E-state index contributed by atoms with van der Waals surface area (Å²) in [4.78, 5) is 21.8. The Hall–Kier alpha value is -1.10. The standard InChI is InChI=1S/C13H24N2O3/c1-14-12(16)3-2-8-15-9-10-4-6-11(7-5-10)13(17)18/h10-11,15H,2-9H2,1H3,(H,14,16)(H,17,18). The second-order valence-corrected chi connectivity index (χ2v) is 5.04. The molecule has 1 fully saturated rings. The SMILES string of the molecule is CNC(=O)CCCNCC1CCC(C(=O)O)CC1. The number of nitrogens with one attached hydrogen (secondary N) is 2. The minimum atomic E-state index is -0.646. The fourth-order valence-corrected chi connectivity index (χ4v) is 2.42. The fourth-order valence-electron chi connectivity index (χ4n) is 2.42. The number of carboxylic acid groups (broad SMARTS) is 1. The van der Waals surface area contributed by atoms with Gasteiger partial charge in [0.05, 0.1) is 5.92 Å². The average molecular weight is 256 g/mol. The Morgan fingerprint density at radius 2 is 1.89 bits per heavy atom. The lowest BCUT2D eigenvalue weighted by atomic mass is 9.82. The van der Waals surface area contributed by atoms with E-state index in [0.717, 1.165) is 45.2 Å². The van der Waals surface area contributed by atoms with Gasteiger partial charge < -0.3 is 15.7 Å². The van der Waals surface area contributed by atoms with Crippen molar-refractivity contribution in [1.29, 1.82) is 0 Å². The molecule has 0 aromatic carbocycles. The number of carbonyl (C=O) groups excluding carboxylic acids is 1. The van der Waals surface area contributed by atoms with Gasteiger partial charge in [0.2, 0.25) is 5.91 Å². The molecule has 1 aliphatic rings. The summed E-state index contributed by atoms with van der Waals surface area (Å²) in [6.45, 7) is 1.80. The molecule has 0 aromatic heterocycles. The Morgan fingerprint density at radius 1 is 1.22 bits per heavy atom. The second kappa shape index (κ2) is 8.08. The molecule has 1 rings (SSSR count). The van der Waals surface area contributed by atoms with Gasteiger partial charge in [-0.25, -0.2) is 0 Å². The fraction of sp³-hybridized carbons (Fsp3) is 0.846. The summed E-state index contributed by atoms with van der Waals surface area (Å²) < 4.78 is 0. The smallest absolute Gasteiger partial charge is 0.306 e. The molecule has 3 N–H and O–H groups in total. The Labute approximate surface area is 108 Å². The quantitative estimate of drug-likeness (QED) is 0.594. The molecule has 104 valence electrons. The van der Waals surface area contributed by atoms with E-state index in [2.05, 4.69) is 10.6 Å². The van der Waals surface area contributed by atoms with Crippen LogP contribution in [-0.2, 0) is 9.59 Å². The van der Waals surface area contributed by atoms with E-state index in [1.165, 1.54) is 0 Å². The van der Waals surface area contributed by atoms with Crippen LogP contribution in [0.25, 0.3) is 0 Å². The van der Waals surface area contributed by atoms with Crippen LogP contribution in [0.4, 0.5) is 0 Å². The van der Waals surface area contributed by atoms with Crippen LogP contribution < -0.4 is 10.6 Å². The number of carbonyl (C=O) groups is 2. The predicted octanol–water partition coefficient (Wildman–Crippen LogP) is 0.993. The van der Waals surface area contributed by atoms with Gasteiger partial charge in [0.1, 0.15) is 0 Å². The van der Waals surface area contributed by atoms with Gasteiger partial charge >= 0.3 is 5.97 Å². The van der Waals surface area contributed by atoms with Crippen LogP contribution >= 0.6 is 0 Å². The zero-order valence-electron chi connectivity index (χ0n) is 11.1. The summed E-state index contributed by atoms with van der Waals surface area (Å²) in [6.07, 6.45) is 5.03. The Bertz CT molecular complexity index is 273. The molecule has 5 heteroatoms. The highest BCUT2D eigenvalue weighted by Gasteiger charge is 2.25. The van der Waals surface area contributed by atoms with Crippen molar-refractivity contribution in [3.05, 3.63) is 0 Å². The minimum Gasteiger partial charge on any atom is -0.481 e. The number of rotatable bonds is 7. The molecule has 0 unspecified atom stereocenters. The van der Waals surface area contributed by atoms with E-state index >= 15 is 0 Å². The highest BCUT2D eigenvalue weighted by atomic mass is 16.4. The molecule has 0 aromatic rings. The van der Waals surface area contributed by atoms with Crippen molar-refractivity contribution in [2.45, 2.75) is 38.5 Å². The average Bonchev–Trinajstić information content (AvgIpc) is 2.38. The van der Waals surface area contributed by atoms with Gasteiger partial charge in [-0.15, -0.1) is 0 Å². The third-order valence-electron chi connectivity index (χ3n) is 3.67. The summed E-state index contributed by atoms with van der Waals surface area (Å²) in [5.41, 5.74) is 0. The molecule has 0 radical (unpaired) electrons. The van der Waals surface area contributed by atoms with Crippen molar-refractivity contribution in [2.75, 3.05) is 20.1 Å². The zero-order valence-corrected chi connectivity index (χ0v) is 11.1. The van der Waals surface area contributed by atoms with Crippen molar-refractivity contribution in [2.24, 2.45) is 11.8 Å². The largest absolute Gasteiger partial charge is 0.481 e. The highest BCUT2D eigenvalue weighted by Crippen LogP contribution is 2.28. The maximum absolute atomic E-state index is 11.0. The second-order valence-electron chi connectivity index (χ2n) is 5.04. The number of aliphatic carboxylic acids is 1. The van der Waals surface area contributed by atoms with Crippen molar-refractivity contribution in [3.63, 3.8) is 0 Å². The van der Waals surface area contributed by atoms with E-state index in [9.17, 15) is 9.59 Å². The van der Waals surface area contributed by atoms with Gasteiger partial charge in [0.15, 0.2) is 0 Å². The first-order chi connectivity index (χ1) is 8.63. The first-order valence-corrected chi connectivity index (χ1v) is 6.77. The molecule has 0 heterocycles. The van der Waals surface area contributed by atoms with Crippen molar-refractivity contribution >= 4 is 11.9 Å². The van der Waals surface area contributed by atoms with Crippen LogP contribution in [0.15, 0.2) is 0 Å². The summed E-state index contributed by atoms with van der Waals surface area (Å²) in [6, 6.07) is 0. The maximum Gasteiger partial charge on any atom is 0.306 e. The lowest BCUT2D eigenvalue weighted by Gasteiger charge is -2.26. The van der Waals surface area contributed by atoms with E-state index in [1.54, 1.807) is 7.05 Å². The third kappa shape index (κ3) is 5.49. The van der Waals surface area contributed by atoms with Crippen molar-refractivity contribution < 1.29 is 14.7 Å². The number of amides is 1. The molecule has 5 nitrogen and oxygen atoms in total. The number of hydrogen-bond donors (Lipinski definition) is 3. The molecule has 0 atom stereocenters. The lowest BCUT2D eigenvalue weighted by Crippen LogP contribution is -2.29. The Balaban J connectivity index is 2.01. The Kier molecular flexibility index (Phi) is 6.72. The summed E-state index contributed by atoms with van der Waals surface area (Å²) in [7, 11) is 1.65. The van der Waals surface area contributed by atoms with Crippen LogP contribution in [0.1, 0.15) is 38.5 Å². The van der Waals surface area contributed by atoms with E-state index in [-0.39, 0.29) is 11.8 Å². The zero-order chi connectivity index (χ0) is 13.4. The third-order valence-corrected chi connectivity index (χ3v) is 3.67. The van der Waals surface area contributed by atoms with Crippen molar-refractivity contribution in [3.8, 4) is 0 Å². The normalized spacial score (nSPS) is 23.6. The monoisotopic (exact) mass is 256 g/mol. The summed E-state index contributed by atoms with van der Waals surface area (Å²) in [5, 5.41) is 14.8. The summed E-state index contributed by atoms with van der Waals surface area (Å²) >= 11 is 0. The van der Waals surface area contributed by atoms with Crippen LogP contribution in [0.2, 0.25) is 0 Å². The molecule has 1 amide bonds. The molecule has 0 aliphatic heterocycles. The van der Waals surface area contributed by atoms with Gasteiger partial charge in [-0.3, -0.25) is 9.59 Å². The van der Waals surface area contributed by atoms with E-state index in [0.29, 0.717) is 12.3 Å².